The van der Waals surface area contributed by atoms with Gasteiger partial charge in [-0.05, 0) is 50.1 Å². The summed E-state index contributed by atoms with van der Waals surface area (Å²) in [5, 5.41) is 13.3. The van der Waals surface area contributed by atoms with E-state index in [1.54, 1.807) is 36.3 Å². The predicted octanol–water partition coefficient (Wildman–Crippen LogP) is 2.96. The van der Waals surface area contributed by atoms with Crippen molar-refractivity contribution in [3.05, 3.63) is 88.6 Å². The van der Waals surface area contributed by atoms with E-state index in [1.807, 2.05) is 31.2 Å². The maximum absolute atomic E-state index is 13.5. The Morgan fingerprint density at radius 2 is 1.76 bits per heavy atom. The number of pyridine rings is 1. The number of nitrogens with one attached hydrogen (secondary N) is 2. The van der Waals surface area contributed by atoms with Crippen molar-refractivity contribution in [2.24, 2.45) is 5.92 Å². The molecule has 37 heavy (non-hydrogen) atoms. The van der Waals surface area contributed by atoms with Crippen LogP contribution in [0.25, 0.3) is 5.69 Å². The highest BCUT2D eigenvalue weighted by Gasteiger charge is 2.31. The Kier molecular flexibility index (Phi) is 11.7. The molecule has 0 spiro atoms. The summed E-state index contributed by atoms with van der Waals surface area (Å²) in [6, 6.07) is 16.4. The smallest absolute Gasteiger partial charge is 0.255 e. The summed E-state index contributed by atoms with van der Waals surface area (Å²) in [7, 11) is 1.73. The van der Waals surface area contributed by atoms with Crippen LogP contribution in [0.15, 0.2) is 71.7 Å². The van der Waals surface area contributed by atoms with Crippen LogP contribution in [0.2, 0.25) is 0 Å². The van der Waals surface area contributed by atoms with Crippen LogP contribution in [0, 0.1) is 18.7 Å². The van der Waals surface area contributed by atoms with E-state index in [-0.39, 0.29) is 29.7 Å². The van der Waals surface area contributed by atoms with Crippen molar-refractivity contribution >= 4 is 30.1 Å². The SMILES string of the molecule is CN(CCO)C(=O)C1CC1.Cc1ccc(NC=O)cc1.O=CNc1ccc(-n2ccccc2=O)cc1F. The fourth-order valence-electron chi connectivity index (χ4n) is 3.10. The molecule has 1 fully saturated rings. The number of aromatic nitrogens is 1. The van der Waals surface area contributed by atoms with Gasteiger partial charge in [0.2, 0.25) is 18.7 Å². The number of hydrogen-bond donors (Lipinski definition) is 3. The number of aryl methyl sites for hydroxylation is 1. The van der Waals surface area contributed by atoms with Crippen LogP contribution in [-0.4, -0.2) is 53.5 Å². The first-order valence-electron chi connectivity index (χ1n) is 11.6. The van der Waals surface area contributed by atoms with Crippen molar-refractivity contribution < 1.29 is 23.9 Å². The predicted molar refractivity (Wildman–Crippen MR) is 140 cm³/mol. The molecule has 0 aliphatic heterocycles. The van der Waals surface area contributed by atoms with E-state index in [0.29, 0.717) is 25.1 Å². The van der Waals surface area contributed by atoms with Crippen LogP contribution in [-0.2, 0) is 14.4 Å². The molecule has 0 unspecified atom stereocenters. The molecule has 0 saturated heterocycles. The third kappa shape index (κ3) is 9.69. The largest absolute Gasteiger partial charge is 0.395 e. The summed E-state index contributed by atoms with van der Waals surface area (Å²) < 4.78 is 14.8. The van der Waals surface area contributed by atoms with Gasteiger partial charge < -0.3 is 20.6 Å². The van der Waals surface area contributed by atoms with E-state index in [4.69, 9.17) is 5.11 Å². The van der Waals surface area contributed by atoms with Crippen molar-refractivity contribution in [3.8, 4) is 5.69 Å². The third-order valence-corrected chi connectivity index (χ3v) is 5.28. The minimum absolute atomic E-state index is 0.0644. The van der Waals surface area contributed by atoms with Gasteiger partial charge in [0.15, 0.2) is 0 Å². The standard InChI is InChI=1S/C12H9FN2O2.C8H9NO.C7H13NO2/c13-10-7-9(4-5-11(10)14-8-16)15-6-2-1-3-12(15)17;1-7-2-4-8(5-3-7)9-6-10;1-8(4-5-9)7(10)6-2-3-6/h1-8H,(H,14,16);2-6H,1H3,(H,9,10);6,9H,2-5H2,1H3. The van der Waals surface area contributed by atoms with E-state index in [1.165, 1.54) is 28.3 Å². The van der Waals surface area contributed by atoms with Crippen molar-refractivity contribution in [1.82, 2.24) is 9.47 Å². The Morgan fingerprint density at radius 1 is 1.08 bits per heavy atom. The van der Waals surface area contributed by atoms with E-state index in [2.05, 4.69) is 10.6 Å². The van der Waals surface area contributed by atoms with Gasteiger partial charge in [0.1, 0.15) is 5.82 Å². The lowest BCUT2D eigenvalue weighted by Crippen LogP contribution is -2.30. The lowest BCUT2D eigenvalue weighted by Gasteiger charge is -2.14. The second-order valence-electron chi connectivity index (χ2n) is 8.22. The molecule has 1 aromatic heterocycles. The van der Waals surface area contributed by atoms with Gasteiger partial charge in [-0.2, -0.15) is 0 Å². The number of amides is 3. The molecule has 0 radical (unpaired) electrons. The number of benzene rings is 2. The molecule has 1 aliphatic rings. The molecule has 1 aliphatic carbocycles. The molecule has 3 aromatic rings. The number of likely N-dealkylation sites (N-methyl/N-ethyl adjacent to an activating group) is 1. The molecule has 1 saturated carbocycles. The normalized spacial score (nSPS) is 11.6. The van der Waals surface area contributed by atoms with E-state index >= 15 is 0 Å². The van der Waals surface area contributed by atoms with Gasteiger partial charge in [-0.15, -0.1) is 0 Å². The number of halogens is 1. The lowest BCUT2D eigenvalue weighted by atomic mass is 10.2. The Morgan fingerprint density at radius 3 is 2.30 bits per heavy atom. The van der Waals surface area contributed by atoms with Crippen molar-refractivity contribution in [2.75, 3.05) is 30.8 Å². The summed E-state index contributed by atoms with van der Waals surface area (Å²) in [6.45, 7) is 2.54. The molecule has 0 atom stereocenters. The highest BCUT2D eigenvalue weighted by molar-refractivity contribution is 5.80. The Labute approximate surface area is 214 Å². The summed E-state index contributed by atoms with van der Waals surface area (Å²) in [6.07, 6.45) is 4.69. The fraction of sp³-hybridized carbons (Fsp3) is 0.259. The summed E-state index contributed by atoms with van der Waals surface area (Å²) in [5.41, 5.74) is 2.26. The molecule has 1 heterocycles. The molecule has 10 heteroatoms. The summed E-state index contributed by atoms with van der Waals surface area (Å²) >= 11 is 0. The number of aliphatic hydroxyl groups excluding tert-OH is 1. The van der Waals surface area contributed by atoms with Gasteiger partial charge >= 0.3 is 0 Å². The summed E-state index contributed by atoms with van der Waals surface area (Å²) in [5.74, 6) is -0.129. The number of carbonyl (C=O) groups is 3. The van der Waals surface area contributed by atoms with E-state index in [0.717, 1.165) is 18.5 Å². The zero-order valence-corrected chi connectivity index (χ0v) is 20.8. The van der Waals surface area contributed by atoms with Crippen LogP contribution in [0.5, 0.6) is 0 Å². The fourth-order valence-corrected chi connectivity index (χ4v) is 3.10. The number of hydrogen-bond acceptors (Lipinski definition) is 5. The second kappa shape index (κ2) is 14.9. The highest BCUT2D eigenvalue weighted by atomic mass is 19.1. The topological polar surface area (TPSA) is 121 Å². The van der Waals surface area contributed by atoms with Gasteiger partial charge in [-0.25, -0.2) is 4.39 Å². The molecule has 3 amide bonds. The minimum atomic E-state index is -0.592. The monoisotopic (exact) mass is 510 g/mol. The number of rotatable bonds is 8. The third-order valence-electron chi connectivity index (χ3n) is 5.28. The van der Waals surface area contributed by atoms with Crippen LogP contribution >= 0.6 is 0 Å². The van der Waals surface area contributed by atoms with E-state index < -0.39 is 5.82 Å². The molecule has 2 aromatic carbocycles. The molecule has 196 valence electrons. The quantitative estimate of drug-likeness (QED) is 0.403. The Bertz CT molecular complexity index is 1230. The first kappa shape index (κ1) is 28.9. The van der Waals surface area contributed by atoms with Crippen LogP contribution in [0.4, 0.5) is 15.8 Å². The molecule has 9 nitrogen and oxygen atoms in total. The van der Waals surface area contributed by atoms with E-state index in [9.17, 15) is 23.6 Å². The lowest BCUT2D eigenvalue weighted by molar-refractivity contribution is -0.131. The molecular formula is C27H31FN4O5. The molecular weight excluding hydrogens is 479 g/mol. The van der Waals surface area contributed by atoms with Gasteiger partial charge in [-0.3, -0.25) is 23.7 Å². The number of nitrogens with zero attached hydrogens (tertiary/aromatic N) is 2. The zero-order chi connectivity index (χ0) is 27.2. The Hall–Kier alpha value is -4.31. The van der Waals surface area contributed by atoms with Gasteiger partial charge in [-0.1, -0.05) is 23.8 Å². The second-order valence-corrected chi connectivity index (χ2v) is 8.22. The maximum Gasteiger partial charge on any atom is 0.255 e. The average Bonchev–Trinajstić information content (AvgIpc) is 3.73. The summed E-state index contributed by atoms with van der Waals surface area (Å²) in [4.78, 5) is 44.4. The average molecular weight is 511 g/mol. The first-order valence-corrected chi connectivity index (χ1v) is 11.6. The maximum atomic E-state index is 13.5. The molecule has 3 N–H and O–H groups in total. The van der Waals surface area contributed by atoms with Crippen LogP contribution < -0.4 is 16.2 Å². The van der Waals surface area contributed by atoms with Crippen molar-refractivity contribution in [2.45, 2.75) is 19.8 Å². The van der Waals surface area contributed by atoms with Crippen LogP contribution in [0.1, 0.15) is 18.4 Å². The molecule has 0 bridgehead atoms. The van der Waals surface area contributed by atoms with Gasteiger partial charge in [0.05, 0.1) is 18.0 Å². The van der Waals surface area contributed by atoms with Crippen molar-refractivity contribution in [1.29, 1.82) is 0 Å². The number of anilines is 2. The van der Waals surface area contributed by atoms with Gasteiger partial charge in [0, 0.05) is 43.5 Å². The van der Waals surface area contributed by atoms with Crippen LogP contribution in [0.3, 0.4) is 0 Å². The Balaban J connectivity index is 0.000000208. The number of aliphatic hydroxyl groups is 1. The van der Waals surface area contributed by atoms with Crippen molar-refractivity contribution in [3.63, 3.8) is 0 Å². The first-order chi connectivity index (χ1) is 17.8. The zero-order valence-electron chi connectivity index (χ0n) is 20.8. The molecule has 4 rings (SSSR count). The number of carbonyl (C=O) groups excluding carboxylic acids is 3. The van der Waals surface area contributed by atoms with Gasteiger partial charge in [0.25, 0.3) is 5.56 Å². The minimum Gasteiger partial charge on any atom is -0.395 e. The highest BCUT2D eigenvalue weighted by Crippen LogP contribution is 2.30.